The molecule has 2 nitrogen and oxygen atoms in total. The Labute approximate surface area is 90.5 Å². The van der Waals surface area contributed by atoms with Gasteiger partial charge in [0.05, 0.1) is 0 Å². The van der Waals surface area contributed by atoms with Gasteiger partial charge >= 0.3 is 6.36 Å². The third kappa shape index (κ3) is 5.04. The summed E-state index contributed by atoms with van der Waals surface area (Å²) in [5.74, 6) is -1.13. The quantitative estimate of drug-likeness (QED) is 0.830. The van der Waals surface area contributed by atoms with Crippen LogP contribution in [0.25, 0.3) is 0 Å². The van der Waals surface area contributed by atoms with Crippen LogP contribution in [-0.4, -0.2) is 11.5 Å². The molecule has 0 aliphatic heterocycles. The van der Waals surface area contributed by atoms with E-state index < -0.39 is 17.9 Å². The summed E-state index contributed by atoms with van der Waals surface area (Å²) in [6.07, 6.45) is -4.77. The van der Waals surface area contributed by atoms with Crippen molar-refractivity contribution in [2.45, 2.75) is 6.36 Å². The maximum Gasteiger partial charge on any atom is 0.573 e. The monoisotopic (exact) mass is 250 g/mol. The number of alkyl halides is 3. The van der Waals surface area contributed by atoms with Gasteiger partial charge in [0.2, 0.25) is 0 Å². The Kier molecular flexibility index (Phi) is 6.51. The standard InChI is InChI=1S/C7H5F3O2.2ClH/c8-7(9,10)12-6-4-2-1-3-5(6)11;;/h1-4,11H;2*1H. The minimum atomic E-state index is -4.77. The summed E-state index contributed by atoms with van der Waals surface area (Å²) in [5, 5.41) is 8.85. The molecule has 0 unspecified atom stereocenters. The first kappa shape index (κ1) is 15.7. The zero-order valence-electron chi connectivity index (χ0n) is 6.62. The third-order valence-corrected chi connectivity index (χ3v) is 1.09. The lowest BCUT2D eigenvalue weighted by Crippen LogP contribution is -2.17. The molecule has 0 bridgehead atoms. The van der Waals surface area contributed by atoms with E-state index in [0.29, 0.717) is 0 Å². The fourth-order valence-electron chi connectivity index (χ4n) is 0.668. The van der Waals surface area contributed by atoms with Gasteiger partial charge in [0.25, 0.3) is 0 Å². The van der Waals surface area contributed by atoms with E-state index in [1.165, 1.54) is 12.1 Å². The van der Waals surface area contributed by atoms with E-state index in [-0.39, 0.29) is 24.8 Å². The van der Waals surface area contributed by atoms with Crippen LogP contribution in [0.3, 0.4) is 0 Å². The molecule has 0 spiro atoms. The van der Waals surface area contributed by atoms with Crippen molar-refractivity contribution in [2.75, 3.05) is 0 Å². The van der Waals surface area contributed by atoms with E-state index >= 15 is 0 Å². The van der Waals surface area contributed by atoms with Gasteiger partial charge in [-0.2, -0.15) is 0 Å². The molecule has 0 radical (unpaired) electrons. The molecule has 0 aromatic heterocycles. The third-order valence-electron chi connectivity index (χ3n) is 1.09. The van der Waals surface area contributed by atoms with E-state index in [1.54, 1.807) is 0 Å². The molecule has 1 aromatic carbocycles. The van der Waals surface area contributed by atoms with Crippen molar-refractivity contribution in [1.82, 2.24) is 0 Å². The van der Waals surface area contributed by atoms with Gasteiger partial charge in [0.1, 0.15) is 0 Å². The van der Waals surface area contributed by atoms with Crippen LogP contribution in [0.5, 0.6) is 11.5 Å². The van der Waals surface area contributed by atoms with Gasteiger partial charge in [-0.3, -0.25) is 0 Å². The van der Waals surface area contributed by atoms with Crippen LogP contribution < -0.4 is 4.74 Å². The SMILES string of the molecule is Cl.Cl.Oc1ccccc1OC(F)(F)F. The van der Waals surface area contributed by atoms with Crippen LogP contribution in [-0.2, 0) is 0 Å². The van der Waals surface area contributed by atoms with Gasteiger partial charge in [-0.25, -0.2) is 0 Å². The molecule has 7 heteroatoms. The minimum Gasteiger partial charge on any atom is -0.504 e. The molecule has 0 heterocycles. The normalized spacial score (nSPS) is 9.64. The molecular formula is C7H7Cl2F3O2. The number of rotatable bonds is 1. The van der Waals surface area contributed by atoms with Gasteiger partial charge in [-0.1, -0.05) is 12.1 Å². The maximum atomic E-state index is 11.6. The Morgan fingerprint density at radius 3 is 2.00 bits per heavy atom. The van der Waals surface area contributed by atoms with Crippen molar-refractivity contribution in [3.05, 3.63) is 24.3 Å². The lowest BCUT2D eigenvalue weighted by atomic mass is 10.3. The van der Waals surface area contributed by atoms with E-state index in [4.69, 9.17) is 5.11 Å². The molecule has 82 valence electrons. The Morgan fingerprint density at radius 2 is 1.57 bits per heavy atom. The van der Waals surface area contributed by atoms with Crippen molar-refractivity contribution < 1.29 is 23.0 Å². The van der Waals surface area contributed by atoms with Crippen LogP contribution in [0.1, 0.15) is 0 Å². The molecule has 1 N–H and O–H groups in total. The second kappa shape index (κ2) is 5.82. The summed E-state index contributed by atoms with van der Waals surface area (Å²) in [6.45, 7) is 0. The highest BCUT2D eigenvalue weighted by Crippen LogP contribution is 2.30. The van der Waals surface area contributed by atoms with E-state index in [2.05, 4.69) is 4.74 Å². The topological polar surface area (TPSA) is 29.5 Å². The van der Waals surface area contributed by atoms with Crippen molar-refractivity contribution in [2.24, 2.45) is 0 Å². The number of ether oxygens (including phenoxy) is 1. The molecule has 0 amide bonds. The minimum absolute atomic E-state index is 0. The number of hydrogen-bond donors (Lipinski definition) is 1. The molecule has 1 rings (SSSR count). The fourth-order valence-corrected chi connectivity index (χ4v) is 0.668. The zero-order chi connectivity index (χ0) is 9.19. The zero-order valence-corrected chi connectivity index (χ0v) is 8.25. The summed E-state index contributed by atoms with van der Waals surface area (Å²) in [5.41, 5.74) is 0. The van der Waals surface area contributed by atoms with Gasteiger partial charge in [0, 0.05) is 0 Å². The molecule has 0 fully saturated rings. The Bertz CT molecular complexity index is 278. The van der Waals surface area contributed by atoms with Gasteiger partial charge in [-0.05, 0) is 12.1 Å². The number of hydrogen-bond acceptors (Lipinski definition) is 2. The molecule has 0 aliphatic rings. The Hall–Kier alpha value is -0.810. The van der Waals surface area contributed by atoms with Crippen LogP contribution >= 0.6 is 24.8 Å². The number of aromatic hydroxyl groups is 1. The highest BCUT2D eigenvalue weighted by molar-refractivity contribution is 5.85. The molecule has 0 atom stereocenters. The first-order chi connectivity index (χ1) is 5.49. The number of halogens is 5. The van der Waals surface area contributed by atoms with E-state index in [0.717, 1.165) is 12.1 Å². The lowest BCUT2D eigenvalue weighted by Gasteiger charge is -2.09. The Balaban J connectivity index is 0. The van der Waals surface area contributed by atoms with E-state index in [1.807, 2.05) is 0 Å². The smallest absolute Gasteiger partial charge is 0.504 e. The highest BCUT2D eigenvalue weighted by Gasteiger charge is 2.31. The largest absolute Gasteiger partial charge is 0.573 e. The van der Waals surface area contributed by atoms with Crippen molar-refractivity contribution in [3.63, 3.8) is 0 Å². The van der Waals surface area contributed by atoms with Crippen LogP contribution in [0.4, 0.5) is 13.2 Å². The average Bonchev–Trinajstić information content (AvgIpc) is 1.91. The van der Waals surface area contributed by atoms with Crippen LogP contribution in [0.15, 0.2) is 24.3 Å². The predicted octanol–water partition coefficient (Wildman–Crippen LogP) is 3.13. The number of para-hydroxylation sites is 2. The summed E-state index contributed by atoms with van der Waals surface area (Å²) in [7, 11) is 0. The fraction of sp³-hybridized carbons (Fsp3) is 0.143. The molecule has 0 aliphatic carbocycles. The van der Waals surface area contributed by atoms with E-state index in [9.17, 15) is 13.2 Å². The average molecular weight is 251 g/mol. The first-order valence-corrected chi connectivity index (χ1v) is 3.03. The summed E-state index contributed by atoms with van der Waals surface area (Å²) >= 11 is 0. The molecule has 0 saturated heterocycles. The first-order valence-electron chi connectivity index (χ1n) is 3.03. The summed E-state index contributed by atoms with van der Waals surface area (Å²) < 4.78 is 38.2. The maximum absolute atomic E-state index is 11.6. The number of phenolic OH excluding ortho intramolecular Hbond substituents is 1. The summed E-state index contributed by atoms with van der Waals surface area (Å²) in [4.78, 5) is 0. The van der Waals surface area contributed by atoms with Crippen molar-refractivity contribution in [1.29, 1.82) is 0 Å². The number of phenols is 1. The van der Waals surface area contributed by atoms with Crippen molar-refractivity contribution in [3.8, 4) is 11.5 Å². The molecular weight excluding hydrogens is 244 g/mol. The van der Waals surface area contributed by atoms with Crippen LogP contribution in [0, 0.1) is 0 Å². The molecule has 0 saturated carbocycles. The second-order valence-electron chi connectivity index (χ2n) is 2.02. The van der Waals surface area contributed by atoms with Crippen molar-refractivity contribution >= 4 is 24.8 Å². The molecule has 14 heavy (non-hydrogen) atoms. The second-order valence-corrected chi connectivity index (χ2v) is 2.02. The highest BCUT2D eigenvalue weighted by atomic mass is 35.5. The van der Waals surface area contributed by atoms with Gasteiger partial charge in [-0.15, -0.1) is 38.0 Å². The Morgan fingerprint density at radius 1 is 1.07 bits per heavy atom. The predicted molar refractivity (Wildman–Crippen MR) is 49.3 cm³/mol. The number of benzene rings is 1. The van der Waals surface area contributed by atoms with Gasteiger partial charge < -0.3 is 9.84 Å². The van der Waals surface area contributed by atoms with Crippen LogP contribution in [0.2, 0.25) is 0 Å². The molecule has 1 aromatic rings. The lowest BCUT2D eigenvalue weighted by molar-refractivity contribution is -0.275. The summed E-state index contributed by atoms with van der Waals surface area (Å²) in [6, 6.07) is 4.88. The van der Waals surface area contributed by atoms with Gasteiger partial charge in [0.15, 0.2) is 11.5 Å².